The molecule has 1 aliphatic heterocycles. The molecule has 1 saturated carbocycles. The molecule has 5 heteroatoms. The zero-order chi connectivity index (χ0) is 12.7. The van der Waals surface area contributed by atoms with Gasteiger partial charge in [0.25, 0.3) is 0 Å². The molecule has 0 spiro atoms. The Balaban J connectivity index is 1.82. The lowest BCUT2D eigenvalue weighted by Gasteiger charge is -2.44. The van der Waals surface area contributed by atoms with E-state index in [2.05, 4.69) is 5.32 Å². The van der Waals surface area contributed by atoms with Crippen LogP contribution in [0.2, 0.25) is 0 Å². The number of fused-ring (bicyclic) bond motifs is 1. The highest BCUT2D eigenvalue weighted by Gasteiger charge is 2.40. The molecule has 1 aliphatic carbocycles. The van der Waals surface area contributed by atoms with E-state index in [0.29, 0.717) is 19.4 Å². The first kappa shape index (κ1) is 11.1. The Labute approximate surface area is 104 Å². The first-order valence-corrected chi connectivity index (χ1v) is 6.03. The summed E-state index contributed by atoms with van der Waals surface area (Å²) in [6, 6.07) is 7.80. The van der Waals surface area contributed by atoms with Gasteiger partial charge in [0.15, 0.2) is 0 Å². The number of carbonyl (C=O) groups excluding carboxylic acids is 1. The number of para-hydroxylation sites is 2. The number of anilines is 2. The van der Waals surface area contributed by atoms with E-state index in [9.17, 15) is 9.59 Å². The van der Waals surface area contributed by atoms with Crippen LogP contribution in [0.1, 0.15) is 12.8 Å². The molecule has 18 heavy (non-hydrogen) atoms. The minimum atomic E-state index is -0.735. The van der Waals surface area contributed by atoms with Crippen LogP contribution in [0.5, 0.6) is 0 Å². The second-order valence-corrected chi connectivity index (χ2v) is 4.85. The molecule has 0 aromatic heterocycles. The number of carboxylic acids is 1. The Hall–Kier alpha value is -2.04. The van der Waals surface area contributed by atoms with Gasteiger partial charge < -0.3 is 15.3 Å². The molecule has 5 nitrogen and oxygen atoms in total. The number of carboxylic acid groups (broad SMARTS) is 1. The summed E-state index contributed by atoms with van der Waals surface area (Å²) in [6.07, 6.45) is 1.24. The van der Waals surface area contributed by atoms with Crippen molar-refractivity contribution in [3.63, 3.8) is 0 Å². The van der Waals surface area contributed by atoms with Crippen molar-refractivity contribution in [2.45, 2.75) is 18.9 Å². The quantitative estimate of drug-likeness (QED) is 0.825. The standard InChI is InChI=1S/C13H14N2O3/c16-12-7-15(9-5-8(6-9)13(17)18)11-4-2-1-3-10(11)14-12/h1-4,8-9H,5-7H2,(H,14,16)(H,17,18). The Morgan fingerprint density at radius 1 is 1.33 bits per heavy atom. The summed E-state index contributed by atoms with van der Waals surface area (Å²) in [7, 11) is 0. The predicted molar refractivity (Wildman–Crippen MR) is 66.6 cm³/mol. The maximum Gasteiger partial charge on any atom is 0.306 e. The number of amides is 1. The third-order valence-corrected chi connectivity index (χ3v) is 3.70. The van der Waals surface area contributed by atoms with Crippen molar-refractivity contribution in [3.8, 4) is 0 Å². The van der Waals surface area contributed by atoms with Gasteiger partial charge in [-0.3, -0.25) is 9.59 Å². The Morgan fingerprint density at radius 2 is 2.06 bits per heavy atom. The summed E-state index contributed by atoms with van der Waals surface area (Å²) in [5.41, 5.74) is 1.80. The number of hydrogen-bond donors (Lipinski definition) is 2. The lowest BCUT2D eigenvalue weighted by atomic mass is 9.79. The fourth-order valence-electron chi connectivity index (χ4n) is 2.63. The fraction of sp³-hybridized carbons (Fsp3) is 0.385. The number of hydrogen-bond acceptors (Lipinski definition) is 3. The van der Waals surface area contributed by atoms with Crippen molar-refractivity contribution < 1.29 is 14.7 Å². The van der Waals surface area contributed by atoms with Crippen molar-refractivity contribution in [2.75, 3.05) is 16.8 Å². The second-order valence-electron chi connectivity index (χ2n) is 4.85. The molecule has 1 amide bonds. The van der Waals surface area contributed by atoms with Gasteiger partial charge in [-0.05, 0) is 25.0 Å². The molecule has 2 N–H and O–H groups in total. The molecule has 1 aromatic rings. The molecule has 0 atom stereocenters. The highest BCUT2D eigenvalue weighted by atomic mass is 16.4. The van der Waals surface area contributed by atoms with Crippen LogP contribution in [-0.2, 0) is 9.59 Å². The van der Waals surface area contributed by atoms with Crippen molar-refractivity contribution >= 4 is 23.3 Å². The summed E-state index contributed by atoms with van der Waals surface area (Å²) in [5, 5.41) is 11.7. The number of nitrogens with one attached hydrogen (secondary N) is 1. The summed E-state index contributed by atoms with van der Waals surface area (Å²) in [6.45, 7) is 0.314. The van der Waals surface area contributed by atoms with Gasteiger partial charge >= 0.3 is 5.97 Å². The van der Waals surface area contributed by atoms with E-state index in [0.717, 1.165) is 11.4 Å². The predicted octanol–water partition coefficient (Wildman–Crippen LogP) is 1.31. The fourth-order valence-corrected chi connectivity index (χ4v) is 2.63. The first-order chi connectivity index (χ1) is 8.65. The smallest absolute Gasteiger partial charge is 0.306 e. The summed E-state index contributed by atoms with van der Waals surface area (Å²) < 4.78 is 0. The zero-order valence-electron chi connectivity index (χ0n) is 9.80. The third kappa shape index (κ3) is 1.72. The Bertz CT molecular complexity index is 509. The molecule has 1 aromatic carbocycles. The maximum atomic E-state index is 11.6. The van der Waals surface area contributed by atoms with Crippen LogP contribution < -0.4 is 10.2 Å². The monoisotopic (exact) mass is 246 g/mol. The van der Waals surface area contributed by atoms with Crippen molar-refractivity contribution in [1.29, 1.82) is 0 Å². The molecule has 0 saturated heterocycles. The van der Waals surface area contributed by atoms with E-state index in [4.69, 9.17) is 5.11 Å². The summed E-state index contributed by atoms with van der Waals surface area (Å²) in [5.74, 6) is -1.03. The minimum Gasteiger partial charge on any atom is -0.481 e. The highest BCUT2D eigenvalue weighted by Crippen LogP contribution is 2.38. The zero-order valence-corrected chi connectivity index (χ0v) is 9.80. The lowest BCUT2D eigenvalue weighted by Crippen LogP contribution is -2.51. The largest absolute Gasteiger partial charge is 0.481 e. The van der Waals surface area contributed by atoms with Crippen molar-refractivity contribution in [3.05, 3.63) is 24.3 Å². The molecule has 0 bridgehead atoms. The van der Waals surface area contributed by atoms with E-state index >= 15 is 0 Å². The van der Waals surface area contributed by atoms with E-state index in [1.807, 2.05) is 29.2 Å². The first-order valence-electron chi connectivity index (χ1n) is 6.03. The van der Waals surface area contributed by atoms with E-state index in [1.54, 1.807) is 0 Å². The van der Waals surface area contributed by atoms with Gasteiger partial charge in [0, 0.05) is 6.04 Å². The van der Waals surface area contributed by atoms with Crippen LogP contribution in [0.15, 0.2) is 24.3 Å². The molecule has 0 radical (unpaired) electrons. The summed E-state index contributed by atoms with van der Waals surface area (Å²) in [4.78, 5) is 24.5. The van der Waals surface area contributed by atoms with E-state index < -0.39 is 5.97 Å². The topological polar surface area (TPSA) is 69.6 Å². The van der Waals surface area contributed by atoms with Gasteiger partial charge in [0.05, 0.1) is 23.8 Å². The van der Waals surface area contributed by atoms with Crippen molar-refractivity contribution in [2.24, 2.45) is 5.92 Å². The molecule has 94 valence electrons. The molecule has 1 fully saturated rings. The number of nitrogens with zero attached hydrogens (tertiary/aromatic N) is 1. The van der Waals surface area contributed by atoms with Gasteiger partial charge in [-0.1, -0.05) is 12.1 Å². The van der Waals surface area contributed by atoms with E-state index in [-0.39, 0.29) is 17.9 Å². The minimum absolute atomic E-state index is 0.0347. The normalized spacial score (nSPS) is 26.0. The molecule has 2 aliphatic rings. The number of carbonyl (C=O) groups is 2. The van der Waals surface area contributed by atoms with Crippen molar-refractivity contribution in [1.82, 2.24) is 0 Å². The van der Waals surface area contributed by atoms with Gasteiger partial charge in [-0.15, -0.1) is 0 Å². The average Bonchev–Trinajstić information content (AvgIpc) is 2.26. The lowest BCUT2D eigenvalue weighted by molar-refractivity contribution is -0.145. The highest BCUT2D eigenvalue weighted by molar-refractivity contribution is 6.01. The van der Waals surface area contributed by atoms with Gasteiger partial charge in [-0.2, -0.15) is 0 Å². The number of rotatable bonds is 2. The Morgan fingerprint density at radius 3 is 2.78 bits per heavy atom. The molecule has 1 heterocycles. The van der Waals surface area contributed by atoms with Gasteiger partial charge in [-0.25, -0.2) is 0 Å². The van der Waals surface area contributed by atoms with E-state index in [1.165, 1.54) is 0 Å². The number of aliphatic carboxylic acids is 1. The third-order valence-electron chi connectivity index (χ3n) is 3.70. The SMILES string of the molecule is O=C1CN(C2CC(C(=O)O)C2)c2ccccc2N1. The molecular weight excluding hydrogens is 232 g/mol. The van der Waals surface area contributed by atoms with Crippen LogP contribution in [-0.4, -0.2) is 29.6 Å². The molecule has 3 rings (SSSR count). The van der Waals surface area contributed by atoms with Crippen LogP contribution in [0.3, 0.4) is 0 Å². The maximum absolute atomic E-state index is 11.6. The number of benzene rings is 1. The van der Waals surface area contributed by atoms with Crippen LogP contribution >= 0.6 is 0 Å². The van der Waals surface area contributed by atoms with Gasteiger partial charge in [0.1, 0.15) is 0 Å². The second kappa shape index (κ2) is 4.01. The van der Waals surface area contributed by atoms with Gasteiger partial charge in [0.2, 0.25) is 5.91 Å². The Kier molecular flexibility index (Phi) is 2.47. The van der Waals surface area contributed by atoms with Crippen LogP contribution in [0.4, 0.5) is 11.4 Å². The van der Waals surface area contributed by atoms with Crippen LogP contribution in [0, 0.1) is 5.92 Å². The average molecular weight is 246 g/mol. The van der Waals surface area contributed by atoms with Crippen LogP contribution in [0.25, 0.3) is 0 Å². The molecule has 0 unspecified atom stereocenters. The molecular formula is C13H14N2O3. The summed E-state index contributed by atoms with van der Waals surface area (Å²) >= 11 is 0.